The van der Waals surface area contributed by atoms with Crippen LogP contribution in [0.15, 0.2) is 36.5 Å². The third-order valence-corrected chi connectivity index (χ3v) is 3.63. The highest BCUT2D eigenvalue weighted by molar-refractivity contribution is 6.34. The van der Waals surface area contributed by atoms with Gasteiger partial charge in [0.05, 0.1) is 11.4 Å². The van der Waals surface area contributed by atoms with Gasteiger partial charge in [0.1, 0.15) is 0 Å². The minimum atomic E-state index is 0.00504. The number of hydrogen-bond acceptors (Lipinski definition) is 2. The molecule has 2 aromatic rings. The quantitative estimate of drug-likeness (QED) is 0.787. The van der Waals surface area contributed by atoms with Crippen LogP contribution in [0.1, 0.15) is 34.1 Å². The second kappa shape index (κ2) is 5.98. The number of halogens is 1. The molecule has 0 fully saturated rings. The third kappa shape index (κ3) is 3.21. The molecule has 0 aliphatic rings. The smallest absolute Gasteiger partial charge is 0.170 e. The molecule has 19 heavy (non-hydrogen) atoms. The van der Waals surface area contributed by atoms with E-state index in [0.29, 0.717) is 10.6 Å². The Morgan fingerprint density at radius 3 is 2.68 bits per heavy atom. The molecule has 0 spiro atoms. The van der Waals surface area contributed by atoms with E-state index in [2.05, 4.69) is 11.9 Å². The summed E-state index contributed by atoms with van der Waals surface area (Å²) in [5, 5.41) is 0.540. The van der Waals surface area contributed by atoms with Crippen LogP contribution in [0.2, 0.25) is 5.02 Å². The Bertz CT molecular complexity index is 590. The molecule has 1 aromatic carbocycles. The fraction of sp³-hybridized carbons (Fsp3) is 0.250. The predicted octanol–water partition coefficient (Wildman–Crippen LogP) is 4.03. The Labute approximate surface area is 118 Å². The fourth-order valence-electron chi connectivity index (χ4n) is 1.89. The third-order valence-electron chi connectivity index (χ3n) is 3.13. The van der Waals surface area contributed by atoms with Crippen molar-refractivity contribution in [1.82, 2.24) is 4.98 Å². The lowest BCUT2D eigenvalue weighted by atomic mass is 10.0. The number of benzene rings is 1. The molecule has 0 N–H and O–H groups in total. The highest BCUT2D eigenvalue weighted by Crippen LogP contribution is 2.21. The summed E-state index contributed by atoms with van der Waals surface area (Å²) in [6.07, 6.45) is 3.05. The van der Waals surface area contributed by atoms with Gasteiger partial charge in [0, 0.05) is 17.5 Å². The van der Waals surface area contributed by atoms with E-state index in [1.54, 1.807) is 6.07 Å². The summed E-state index contributed by atoms with van der Waals surface area (Å²) >= 11 is 6.16. The highest BCUT2D eigenvalue weighted by atomic mass is 35.5. The van der Waals surface area contributed by atoms with Gasteiger partial charge >= 0.3 is 0 Å². The highest BCUT2D eigenvalue weighted by Gasteiger charge is 2.12. The minimum absolute atomic E-state index is 0.00504. The summed E-state index contributed by atoms with van der Waals surface area (Å²) in [4.78, 5) is 16.5. The Balaban J connectivity index is 2.18. The molecule has 0 saturated heterocycles. The van der Waals surface area contributed by atoms with Crippen molar-refractivity contribution in [2.45, 2.75) is 26.7 Å². The number of carbonyl (C=O) groups is 1. The van der Waals surface area contributed by atoms with Crippen LogP contribution in [-0.2, 0) is 12.8 Å². The number of rotatable bonds is 4. The van der Waals surface area contributed by atoms with Crippen molar-refractivity contribution in [2.75, 3.05) is 0 Å². The van der Waals surface area contributed by atoms with E-state index in [9.17, 15) is 4.79 Å². The zero-order valence-corrected chi connectivity index (χ0v) is 11.9. The maximum Gasteiger partial charge on any atom is 0.170 e. The van der Waals surface area contributed by atoms with Gasteiger partial charge in [-0.15, -0.1) is 0 Å². The van der Waals surface area contributed by atoms with Crippen LogP contribution in [0.25, 0.3) is 0 Å². The SMILES string of the molecule is CCc1ccc(CC(=O)c2cccc(C)c2Cl)nc1. The fourth-order valence-corrected chi connectivity index (χ4v) is 2.12. The molecular weight excluding hydrogens is 258 g/mol. The largest absolute Gasteiger partial charge is 0.294 e. The van der Waals surface area contributed by atoms with E-state index in [1.165, 1.54) is 5.56 Å². The van der Waals surface area contributed by atoms with E-state index in [-0.39, 0.29) is 12.2 Å². The first kappa shape index (κ1) is 13.8. The molecule has 2 rings (SSSR count). The summed E-state index contributed by atoms with van der Waals surface area (Å²) < 4.78 is 0. The van der Waals surface area contributed by atoms with Crippen LogP contribution in [0.4, 0.5) is 0 Å². The van der Waals surface area contributed by atoms with E-state index >= 15 is 0 Å². The van der Waals surface area contributed by atoms with Gasteiger partial charge in [-0.25, -0.2) is 0 Å². The first-order valence-electron chi connectivity index (χ1n) is 6.34. The average molecular weight is 274 g/mol. The molecule has 2 nitrogen and oxygen atoms in total. The molecule has 1 aromatic heterocycles. The molecule has 0 bridgehead atoms. The predicted molar refractivity (Wildman–Crippen MR) is 77.8 cm³/mol. The van der Waals surface area contributed by atoms with Crippen LogP contribution < -0.4 is 0 Å². The van der Waals surface area contributed by atoms with Crippen LogP contribution in [-0.4, -0.2) is 10.8 Å². The number of aryl methyl sites for hydroxylation is 2. The van der Waals surface area contributed by atoms with Crippen molar-refractivity contribution in [3.63, 3.8) is 0 Å². The first-order chi connectivity index (χ1) is 9.11. The minimum Gasteiger partial charge on any atom is -0.294 e. The summed E-state index contributed by atoms with van der Waals surface area (Å²) in [5.41, 5.74) is 3.44. The number of nitrogens with zero attached hydrogens (tertiary/aromatic N) is 1. The van der Waals surface area contributed by atoms with E-state index < -0.39 is 0 Å². The Morgan fingerprint density at radius 2 is 2.05 bits per heavy atom. The number of hydrogen-bond donors (Lipinski definition) is 0. The second-order valence-corrected chi connectivity index (χ2v) is 4.93. The zero-order chi connectivity index (χ0) is 13.8. The molecule has 0 aliphatic carbocycles. The van der Waals surface area contributed by atoms with Crippen molar-refractivity contribution in [1.29, 1.82) is 0 Å². The van der Waals surface area contributed by atoms with Gasteiger partial charge in [-0.1, -0.05) is 36.7 Å². The van der Waals surface area contributed by atoms with E-state index in [4.69, 9.17) is 11.6 Å². The van der Waals surface area contributed by atoms with Crippen molar-refractivity contribution in [3.8, 4) is 0 Å². The molecule has 0 atom stereocenters. The monoisotopic (exact) mass is 273 g/mol. The van der Waals surface area contributed by atoms with Crippen molar-refractivity contribution in [2.24, 2.45) is 0 Å². The molecule has 0 unspecified atom stereocenters. The number of pyridine rings is 1. The number of carbonyl (C=O) groups excluding carboxylic acids is 1. The van der Waals surface area contributed by atoms with Gasteiger partial charge in [-0.3, -0.25) is 9.78 Å². The number of aromatic nitrogens is 1. The second-order valence-electron chi connectivity index (χ2n) is 4.55. The van der Waals surface area contributed by atoms with Gasteiger partial charge in [0.25, 0.3) is 0 Å². The van der Waals surface area contributed by atoms with Crippen molar-refractivity contribution < 1.29 is 4.79 Å². The average Bonchev–Trinajstić information content (AvgIpc) is 2.42. The van der Waals surface area contributed by atoms with Gasteiger partial charge in [0.15, 0.2) is 5.78 Å². The standard InChI is InChI=1S/C16H16ClNO/c1-3-12-7-8-13(18-10-12)9-15(19)14-6-4-5-11(2)16(14)17/h4-8,10H,3,9H2,1-2H3. The van der Waals surface area contributed by atoms with Crippen molar-refractivity contribution in [3.05, 3.63) is 63.9 Å². The van der Waals surface area contributed by atoms with Crippen LogP contribution in [0.5, 0.6) is 0 Å². The van der Waals surface area contributed by atoms with Crippen molar-refractivity contribution >= 4 is 17.4 Å². The van der Waals surface area contributed by atoms with E-state index in [0.717, 1.165) is 17.7 Å². The summed E-state index contributed by atoms with van der Waals surface area (Å²) in [7, 11) is 0. The lowest BCUT2D eigenvalue weighted by molar-refractivity contribution is 0.0992. The molecule has 3 heteroatoms. The van der Waals surface area contributed by atoms with Gasteiger partial charge < -0.3 is 0 Å². The normalized spacial score (nSPS) is 10.5. The van der Waals surface area contributed by atoms with Crippen LogP contribution >= 0.6 is 11.6 Å². The maximum atomic E-state index is 12.2. The Morgan fingerprint density at radius 1 is 1.26 bits per heavy atom. The first-order valence-corrected chi connectivity index (χ1v) is 6.71. The van der Waals surface area contributed by atoms with Crippen LogP contribution in [0, 0.1) is 6.92 Å². The summed E-state index contributed by atoms with van der Waals surface area (Å²) in [6, 6.07) is 9.42. The lowest BCUT2D eigenvalue weighted by Crippen LogP contribution is -2.06. The zero-order valence-electron chi connectivity index (χ0n) is 11.1. The lowest BCUT2D eigenvalue weighted by Gasteiger charge is -2.06. The van der Waals surface area contributed by atoms with E-state index in [1.807, 2.05) is 37.4 Å². The van der Waals surface area contributed by atoms with Gasteiger partial charge in [-0.05, 0) is 36.6 Å². The molecule has 0 radical (unpaired) electrons. The molecule has 0 aliphatic heterocycles. The molecular formula is C16H16ClNO. The summed E-state index contributed by atoms with van der Waals surface area (Å²) in [5.74, 6) is 0.00504. The molecule has 98 valence electrons. The number of Topliss-reactive ketones (excluding diaryl/α,β-unsaturated/α-hetero) is 1. The topological polar surface area (TPSA) is 30.0 Å². The van der Waals surface area contributed by atoms with Gasteiger partial charge in [-0.2, -0.15) is 0 Å². The maximum absolute atomic E-state index is 12.2. The summed E-state index contributed by atoms with van der Waals surface area (Å²) in [6.45, 7) is 3.97. The van der Waals surface area contributed by atoms with Gasteiger partial charge in [0.2, 0.25) is 0 Å². The Kier molecular flexibility index (Phi) is 4.33. The molecule has 0 saturated carbocycles. The Hall–Kier alpha value is -1.67. The molecule has 1 heterocycles. The molecule has 0 amide bonds. The van der Waals surface area contributed by atoms with Crippen LogP contribution in [0.3, 0.4) is 0 Å². The number of ketones is 1.